The Morgan fingerprint density at radius 3 is 2.70 bits per heavy atom. The second-order valence-electron chi connectivity index (χ2n) is 4.70. The molecule has 0 aliphatic heterocycles. The van der Waals surface area contributed by atoms with Crippen LogP contribution >= 0.6 is 0 Å². The number of fused-ring (bicyclic) bond motifs is 1. The number of aryl methyl sites for hydroxylation is 2. The van der Waals surface area contributed by atoms with Crippen LogP contribution in [0.4, 0.5) is 0 Å². The molecule has 0 aliphatic carbocycles. The zero-order valence-electron chi connectivity index (χ0n) is 11.2. The van der Waals surface area contributed by atoms with E-state index < -0.39 is 5.97 Å². The van der Waals surface area contributed by atoms with Crippen molar-refractivity contribution in [2.24, 2.45) is 0 Å². The third kappa shape index (κ3) is 1.93. The van der Waals surface area contributed by atoms with E-state index in [0.717, 1.165) is 16.8 Å². The number of rotatable bonds is 2. The highest BCUT2D eigenvalue weighted by atomic mass is 16.4. The highest BCUT2D eigenvalue weighted by Crippen LogP contribution is 2.20. The normalized spacial score (nSPS) is 10.9. The molecule has 0 aliphatic rings. The molecular formula is C15H13N3O2. The molecule has 1 aromatic carbocycles. The topological polar surface area (TPSA) is 67.5 Å². The molecule has 100 valence electrons. The summed E-state index contributed by atoms with van der Waals surface area (Å²) in [5.41, 5.74) is 3.48. The van der Waals surface area contributed by atoms with Gasteiger partial charge in [0, 0.05) is 5.56 Å². The van der Waals surface area contributed by atoms with Crippen LogP contribution in [0.1, 0.15) is 21.9 Å². The lowest BCUT2D eigenvalue weighted by Gasteiger charge is -2.03. The van der Waals surface area contributed by atoms with Crippen LogP contribution in [0.3, 0.4) is 0 Å². The minimum Gasteiger partial charge on any atom is -0.476 e. The Morgan fingerprint density at radius 2 is 2.00 bits per heavy atom. The number of imidazole rings is 1. The summed E-state index contributed by atoms with van der Waals surface area (Å²) < 4.78 is 1.57. The van der Waals surface area contributed by atoms with Crippen molar-refractivity contribution in [1.82, 2.24) is 14.6 Å². The fourth-order valence-electron chi connectivity index (χ4n) is 2.23. The fourth-order valence-corrected chi connectivity index (χ4v) is 2.23. The quantitative estimate of drug-likeness (QED) is 0.775. The van der Waals surface area contributed by atoms with Gasteiger partial charge in [-0.25, -0.2) is 14.3 Å². The van der Waals surface area contributed by atoms with E-state index in [1.54, 1.807) is 17.5 Å². The Kier molecular flexibility index (Phi) is 2.75. The molecule has 0 fully saturated rings. The average Bonchev–Trinajstić information content (AvgIpc) is 2.76. The largest absolute Gasteiger partial charge is 0.476 e. The van der Waals surface area contributed by atoms with Crippen LogP contribution in [0, 0.1) is 13.8 Å². The standard InChI is InChI=1S/C15H13N3O2/c1-9-4-3-5-11(8-9)12-6-7-13-14(15(19)20)16-10(2)18(13)17-12/h3-8H,1-2H3,(H,19,20). The van der Waals surface area contributed by atoms with E-state index in [2.05, 4.69) is 10.1 Å². The summed E-state index contributed by atoms with van der Waals surface area (Å²) in [5, 5.41) is 13.6. The van der Waals surface area contributed by atoms with Gasteiger partial charge in [0.05, 0.1) is 11.2 Å². The van der Waals surface area contributed by atoms with Crippen molar-refractivity contribution >= 4 is 11.5 Å². The van der Waals surface area contributed by atoms with Crippen LogP contribution < -0.4 is 0 Å². The van der Waals surface area contributed by atoms with Gasteiger partial charge in [-0.1, -0.05) is 23.8 Å². The number of carbonyl (C=O) groups is 1. The van der Waals surface area contributed by atoms with Gasteiger partial charge in [-0.15, -0.1) is 0 Å². The molecular weight excluding hydrogens is 254 g/mol. The number of carboxylic acid groups (broad SMARTS) is 1. The molecule has 0 atom stereocenters. The molecule has 0 saturated carbocycles. The van der Waals surface area contributed by atoms with Crippen LogP contribution in [0.5, 0.6) is 0 Å². The van der Waals surface area contributed by atoms with Crippen molar-refractivity contribution in [3.05, 3.63) is 53.5 Å². The molecule has 0 bridgehead atoms. The molecule has 5 heteroatoms. The van der Waals surface area contributed by atoms with Crippen molar-refractivity contribution in [2.45, 2.75) is 13.8 Å². The SMILES string of the molecule is Cc1cccc(-c2ccc3c(C(=O)O)nc(C)n3n2)c1. The summed E-state index contributed by atoms with van der Waals surface area (Å²) >= 11 is 0. The van der Waals surface area contributed by atoms with E-state index in [1.807, 2.05) is 37.3 Å². The minimum absolute atomic E-state index is 0.0331. The summed E-state index contributed by atoms with van der Waals surface area (Å²) in [6, 6.07) is 11.6. The average molecular weight is 267 g/mol. The fraction of sp³-hybridized carbons (Fsp3) is 0.133. The highest BCUT2D eigenvalue weighted by Gasteiger charge is 2.15. The first-order chi connectivity index (χ1) is 9.56. The maximum Gasteiger partial charge on any atom is 0.356 e. The predicted octanol–water partition coefficient (Wildman–Crippen LogP) is 2.71. The molecule has 2 heterocycles. The number of aromatic nitrogens is 3. The van der Waals surface area contributed by atoms with Gasteiger partial charge < -0.3 is 5.11 Å². The molecule has 5 nitrogen and oxygen atoms in total. The van der Waals surface area contributed by atoms with Crippen LogP contribution in [0.15, 0.2) is 36.4 Å². The molecule has 3 aromatic rings. The van der Waals surface area contributed by atoms with Gasteiger partial charge in [-0.3, -0.25) is 0 Å². The van der Waals surface area contributed by atoms with E-state index >= 15 is 0 Å². The lowest BCUT2D eigenvalue weighted by Crippen LogP contribution is -1.99. The molecule has 0 amide bonds. The Bertz CT molecular complexity index is 821. The zero-order chi connectivity index (χ0) is 14.3. The Morgan fingerprint density at radius 1 is 1.20 bits per heavy atom. The molecule has 0 unspecified atom stereocenters. The number of nitrogens with zero attached hydrogens (tertiary/aromatic N) is 3. The maximum atomic E-state index is 11.1. The van der Waals surface area contributed by atoms with Gasteiger partial charge in [0.25, 0.3) is 0 Å². The van der Waals surface area contributed by atoms with Gasteiger partial charge in [-0.05, 0) is 32.0 Å². The molecule has 2 aromatic heterocycles. The van der Waals surface area contributed by atoms with Gasteiger partial charge in [0.1, 0.15) is 5.82 Å². The highest BCUT2D eigenvalue weighted by molar-refractivity contribution is 5.93. The number of hydrogen-bond acceptors (Lipinski definition) is 3. The zero-order valence-corrected chi connectivity index (χ0v) is 11.2. The molecule has 0 spiro atoms. The third-order valence-corrected chi connectivity index (χ3v) is 3.17. The van der Waals surface area contributed by atoms with Crippen LogP contribution in [0.2, 0.25) is 0 Å². The van der Waals surface area contributed by atoms with Gasteiger partial charge in [0.2, 0.25) is 0 Å². The number of benzene rings is 1. The van der Waals surface area contributed by atoms with E-state index in [4.69, 9.17) is 5.11 Å². The van der Waals surface area contributed by atoms with Crippen LogP contribution in [-0.2, 0) is 0 Å². The minimum atomic E-state index is -1.04. The molecule has 3 rings (SSSR count). The first-order valence-corrected chi connectivity index (χ1v) is 6.23. The molecule has 20 heavy (non-hydrogen) atoms. The lowest BCUT2D eigenvalue weighted by atomic mass is 10.1. The monoisotopic (exact) mass is 267 g/mol. The van der Waals surface area contributed by atoms with Gasteiger partial charge in [0.15, 0.2) is 5.69 Å². The van der Waals surface area contributed by atoms with Crippen molar-refractivity contribution in [1.29, 1.82) is 0 Å². The predicted molar refractivity (Wildman–Crippen MR) is 74.9 cm³/mol. The molecule has 0 saturated heterocycles. The van der Waals surface area contributed by atoms with Crippen LogP contribution in [0.25, 0.3) is 16.8 Å². The Balaban J connectivity index is 2.21. The lowest BCUT2D eigenvalue weighted by molar-refractivity contribution is 0.0693. The van der Waals surface area contributed by atoms with Crippen LogP contribution in [-0.4, -0.2) is 25.7 Å². The van der Waals surface area contributed by atoms with Crippen molar-refractivity contribution < 1.29 is 9.90 Å². The first-order valence-electron chi connectivity index (χ1n) is 6.23. The number of hydrogen-bond donors (Lipinski definition) is 1. The van der Waals surface area contributed by atoms with Crippen molar-refractivity contribution in [3.63, 3.8) is 0 Å². The molecule has 0 radical (unpaired) electrons. The number of carboxylic acids is 1. The second-order valence-corrected chi connectivity index (χ2v) is 4.70. The van der Waals surface area contributed by atoms with E-state index in [0.29, 0.717) is 11.3 Å². The van der Waals surface area contributed by atoms with Crippen molar-refractivity contribution in [2.75, 3.05) is 0 Å². The summed E-state index contributed by atoms with van der Waals surface area (Å²) in [6.07, 6.45) is 0. The first kappa shape index (κ1) is 12.3. The third-order valence-electron chi connectivity index (χ3n) is 3.17. The second kappa shape index (κ2) is 4.45. The smallest absolute Gasteiger partial charge is 0.356 e. The van der Waals surface area contributed by atoms with Gasteiger partial charge in [-0.2, -0.15) is 5.10 Å². The summed E-state index contributed by atoms with van der Waals surface area (Å²) in [5.74, 6) is -0.479. The summed E-state index contributed by atoms with van der Waals surface area (Å²) in [6.45, 7) is 3.76. The van der Waals surface area contributed by atoms with Crippen molar-refractivity contribution in [3.8, 4) is 11.3 Å². The van der Waals surface area contributed by atoms with E-state index in [-0.39, 0.29) is 5.69 Å². The van der Waals surface area contributed by atoms with E-state index in [9.17, 15) is 4.79 Å². The summed E-state index contributed by atoms with van der Waals surface area (Å²) in [4.78, 5) is 15.2. The molecule has 1 N–H and O–H groups in total. The number of aromatic carboxylic acids is 1. The Labute approximate surface area is 115 Å². The van der Waals surface area contributed by atoms with Gasteiger partial charge >= 0.3 is 5.97 Å². The summed E-state index contributed by atoms with van der Waals surface area (Å²) in [7, 11) is 0. The Hall–Kier alpha value is -2.69. The van der Waals surface area contributed by atoms with E-state index in [1.165, 1.54) is 0 Å². The maximum absolute atomic E-state index is 11.1.